The van der Waals surface area contributed by atoms with Gasteiger partial charge in [0.1, 0.15) is 0 Å². The number of hydrogen-bond acceptors (Lipinski definition) is 5. The first-order chi connectivity index (χ1) is 10.2. The number of hydrogen-bond donors (Lipinski definition) is 2. The Morgan fingerprint density at radius 2 is 1.86 bits per heavy atom. The van der Waals surface area contributed by atoms with Crippen LogP contribution in [0.5, 0.6) is 0 Å². The molecular weight excluding hydrogens is 284 g/mol. The molecule has 0 radical (unpaired) electrons. The van der Waals surface area contributed by atoms with E-state index in [1.807, 2.05) is 36.4 Å². The average molecular weight is 294 g/mol. The molecule has 6 heteroatoms. The Morgan fingerprint density at radius 3 is 2.76 bits per heavy atom. The highest BCUT2D eigenvalue weighted by atomic mass is 32.1. The van der Waals surface area contributed by atoms with Crippen LogP contribution in [-0.4, -0.2) is 15.0 Å². The average Bonchev–Trinajstić information content (AvgIpc) is 2.86. The second kappa shape index (κ2) is 4.39. The van der Waals surface area contributed by atoms with Gasteiger partial charge in [-0.2, -0.15) is 0 Å². The third kappa shape index (κ3) is 1.96. The minimum Gasteiger partial charge on any atom is -0.375 e. The highest BCUT2D eigenvalue weighted by Gasteiger charge is 2.06. The molecule has 0 unspecified atom stereocenters. The number of H-pyrrole nitrogens is 1. The van der Waals surface area contributed by atoms with Crippen LogP contribution in [0.3, 0.4) is 0 Å². The third-order valence-electron chi connectivity index (χ3n) is 3.38. The van der Waals surface area contributed by atoms with Gasteiger partial charge in [-0.15, -0.1) is 0 Å². The first kappa shape index (κ1) is 12.0. The highest BCUT2D eigenvalue weighted by Crippen LogP contribution is 2.29. The summed E-state index contributed by atoms with van der Waals surface area (Å²) in [6.45, 7) is 0. The number of aromatic amines is 1. The maximum atomic E-state index is 11.9. The Balaban J connectivity index is 1.94. The zero-order valence-corrected chi connectivity index (χ0v) is 11.6. The summed E-state index contributed by atoms with van der Waals surface area (Å²) < 4.78 is 1.05. The lowest BCUT2D eigenvalue weighted by atomic mass is 10.0. The van der Waals surface area contributed by atoms with Crippen LogP contribution in [0.25, 0.3) is 32.2 Å². The van der Waals surface area contributed by atoms with Crippen LogP contribution in [0, 0.1) is 0 Å². The highest BCUT2D eigenvalue weighted by molar-refractivity contribution is 7.22. The maximum absolute atomic E-state index is 11.9. The number of fused-ring (bicyclic) bond motifs is 2. The molecule has 0 aliphatic rings. The molecule has 0 amide bonds. The normalized spacial score (nSPS) is 11.2. The molecule has 21 heavy (non-hydrogen) atoms. The molecule has 4 aromatic rings. The van der Waals surface area contributed by atoms with E-state index in [4.69, 9.17) is 5.73 Å². The molecule has 0 aliphatic heterocycles. The molecular formula is C15H10N4OS. The van der Waals surface area contributed by atoms with Gasteiger partial charge in [0.05, 0.1) is 27.4 Å². The van der Waals surface area contributed by atoms with E-state index >= 15 is 0 Å². The minimum atomic E-state index is -0.138. The van der Waals surface area contributed by atoms with Crippen molar-refractivity contribution < 1.29 is 0 Å². The molecule has 0 saturated heterocycles. The van der Waals surface area contributed by atoms with Gasteiger partial charge in [-0.1, -0.05) is 23.5 Å². The van der Waals surface area contributed by atoms with Crippen LogP contribution in [0.2, 0.25) is 0 Å². The van der Waals surface area contributed by atoms with E-state index in [2.05, 4.69) is 15.0 Å². The minimum absolute atomic E-state index is 0.138. The molecule has 102 valence electrons. The fraction of sp³-hybridized carbons (Fsp3) is 0. The lowest BCUT2D eigenvalue weighted by Gasteiger charge is -2.03. The molecule has 0 bridgehead atoms. The van der Waals surface area contributed by atoms with Crippen LogP contribution in [0.1, 0.15) is 0 Å². The Bertz CT molecular complexity index is 1030. The van der Waals surface area contributed by atoms with Crippen LogP contribution in [0.4, 0.5) is 5.13 Å². The molecule has 2 aromatic heterocycles. The van der Waals surface area contributed by atoms with Crippen molar-refractivity contribution in [3.8, 4) is 11.1 Å². The number of nitrogens with two attached hydrogens (primary N) is 1. The number of thiazole rings is 1. The lowest BCUT2D eigenvalue weighted by Crippen LogP contribution is -2.05. The molecule has 0 aliphatic carbocycles. The van der Waals surface area contributed by atoms with Gasteiger partial charge in [-0.05, 0) is 35.4 Å². The number of aromatic nitrogens is 3. The van der Waals surface area contributed by atoms with Gasteiger partial charge in [0.2, 0.25) is 0 Å². The fourth-order valence-electron chi connectivity index (χ4n) is 2.37. The number of nitrogens with one attached hydrogen (secondary N) is 1. The number of anilines is 1. The molecule has 2 aromatic carbocycles. The first-order valence-electron chi connectivity index (χ1n) is 6.34. The Hall–Kier alpha value is -2.73. The Morgan fingerprint density at radius 1 is 1.05 bits per heavy atom. The summed E-state index contributed by atoms with van der Waals surface area (Å²) >= 11 is 1.46. The quantitative estimate of drug-likeness (QED) is 0.565. The summed E-state index contributed by atoms with van der Waals surface area (Å²) in [6.07, 6.45) is 1.41. The van der Waals surface area contributed by atoms with Crippen molar-refractivity contribution in [2.24, 2.45) is 0 Å². The summed E-state index contributed by atoms with van der Waals surface area (Å²) in [7, 11) is 0. The van der Waals surface area contributed by atoms with E-state index in [0.29, 0.717) is 16.0 Å². The summed E-state index contributed by atoms with van der Waals surface area (Å²) in [5.74, 6) is 0. The van der Waals surface area contributed by atoms with Gasteiger partial charge in [0.15, 0.2) is 5.13 Å². The molecule has 0 saturated carbocycles. The van der Waals surface area contributed by atoms with Crippen LogP contribution < -0.4 is 11.3 Å². The van der Waals surface area contributed by atoms with E-state index in [0.717, 1.165) is 21.3 Å². The van der Waals surface area contributed by atoms with Crippen molar-refractivity contribution in [2.45, 2.75) is 0 Å². The van der Waals surface area contributed by atoms with E-state index in [-0.39, 0.29) is 5.56 Å². The molecule has 0 spiro atoms. The predicted octanol–water partition coefficient (Wildman–Crippen LogP) is 2.78. The largest absolute Gasteiger partial charge is 0.375 e. The van der Waals surface area contributed by atoms with Crippen LogP contribution in [-0.2, 0) is 0 Å². The van der Waals surface area contributed by atoms with Gasteiger partial charge in [-0.25, -0.2) is 9.97 Å². The Kier molecular flexibility index (Phi) is 2.52. The van der Waals surface area contributed by atoms with Gasteiger partial charge >= 0.3 is 0 Å². The first-order valence-corrected chi connectivity index (χ1v) is 7.16. The number of nitrogen functional groups attached to an aromatic ring is 1. The molecule has 2 heterocycles. The SMILES string of the molecule is Nc1nc2cc(-c3ccc4nc[nH]c(=O)c4c3)ccc2s1. The molecule has 4 rings (SSSR count). The molecule has 3 N–H and O–H groups in total. The smallest absolute Gasteiger partial charge is 0.258 e. The molecule has 5 nitrogen and oxygen atoms in total. The van der Waals surface area contributed by atoms with E-state index in [1.54, 1.807) is 0 Å². The zero-order chi connectivity index (χ0) is 14.4. The van der Waals surface area contributed by atoms with E-state index in [1.165, 1.54) is 17.7 Å². The second-order valence-corrected chi connectivity index (χ2v) is 5.76. The summed E-state index contributed by atoms with van der Waals surface area (Å²) in [5, 5.41) is 1.13. The lowest BCUT2D eigenvalue weighted by molar-refractivity contribution is 1.17. The Labute approximate surface area is 123 Å². The van der Waals surface area contributed by atoms with Gasteiger partial charge < -0.3 is 10.7 Å². The summed E-state index contributed by atoms with van der Waals surface area (Å²) in [5.41, 5.74) is 9.09. The van der Waals surface area contributed by atoms with Crippen LogP contribution >= 0.6 is 11.3 Å². The molecule has 0 fully saturated rings. The van der Waals surface area contributed by atoms with Crippen LogP contribution in [0.15, 0.2) is 47.5 Å². The van der Waals surface area contributed by atoms with E-state index < -0.39 is 0 Å². The van der Waals surface area contributed by atoms with Crippen molar-refractivity contribution >= 4 is 37.6 Å². The van der Waals surface area contributed by atoms with E-state index in [9.17, 15) is 4.79 Å². The second-order valence-electron chi connectivity index (χ2n) is 4.70. The summed E-state index contributed by atoms with van der Waals surface area (Å²) in [6, 6.07) is 11.6. The molecule has 0 atom stereocenters. The monoisotopic (exact) mass is 294 g/mol. The van der Waals surface area contributed by atoms with Crippen molar-refractivity contribution in [1.29, 1.82) is 0 Å². The predicted molar refractivity (Wildman–Crippen MR) is 85.4 cm³/mol. The number of nitrogens with zero attached hydrogens (tertiary/aromatic N) is 2. The van der Waals surface area contributed by atoms with Crippen molar-refractivity contribution in [2.75, 3.05) is 5.73 Å². The van der Waals surface area contributed by atoms with Gasteiger partial charge in [0.25, 0.3) is 5.56 Å². The number of benzene rings is 2. The fourth-order valence-corrected chi connectivity index (χ4v) is 3.09. The third-order valence-corrected chi connectivity index (χ3v) is 4.24. The number of rotatable bonds is 1. The van der Waals surface area contributed by atoms with Crippen molar-refractivity contribution in [3.05, 3.63) is 53.1 Å². The van der Waals surface area contributed by atoms with Crippen molar-refractivity contribution in [3.63, 3.8) is 0 Å². The summed E-state index contributed by atoms with van der Waals surface area (Å²) in [4.78, 5) is 22.9. The maximum Gasteiger partial charge on any atom is 0.258 e. The topological polar surface area (TPSA) is 84.7 Å². The standard InChI is InChI=1S/C15H10N4OS/c16-15-19-12-6-9(2-4-13(12)21-15)8-1-3-11-10(5-8)14(20)18-7-17-11/h1-7H,(H2,16,19)(H,17,18,20). The van der Waals surface area contributed by atoms with Crippen molar-refractivity contribution in [1.82, 2.24) is 15.0 Å². The van der Waals surface area contributed by atoms with Gasteiger partial charge in [-0.3, -0.25) is 4.79 Å². The van der Waals surface area contributed by atoms with Gasteiger partial charge in [0, 0.05) is 0 Å². The zero-order valence-electron chi connectivity index (χ0n) is 10.8.